The van der Waals surface area contributed by atoms with E-state index in [1.807, 2.05) is 24.3 Å². The van der Waals surface area contributed by atoms with Crippen LogP contribution in [0.25, 0.3) is 0 Å². The first-order valence-corrected chi connectivity index (χ1v) is 7.77. The van der Waals surface area contributed by atoms with Gasteiger partial charge in [-0.2, -0.15) is 0 Å². The zero-order chi connectivity index (χ0) is 14.1. The van der Waals surface area contributed by atoms with Crippen LogP contribution in [0.3, 0.4) is 0 Å². The predicted molar refractivity (Wildman–Crippen MR) is 84.3 cm³/mol. The first-order valence-electron chi connectivity index (χ1n) is 7.77. The highest BCUT2D eigenvalue weighted by molar-refractivity contribution is 6.67. The molecule has 0 atom stereocenters. The van der Waals surface area contributed by atoms with E-state index in [-0.39, 0.29) is 0 Å². The number of rotatable bonds is 2. The molecular weight excluding hydrogens is 261 g/mol. The van der Waals surface area contributed by atoms with Crippen molar-refractivity contribution >= 4 is 6.69 Å². The lowest BCUT2D eigenvalue weighted by Crippen LogP contribution is -2.62. The van der Waals surface area contributed by atoms with Crippen LogP contribution in [0.15, 0.2) is 54.6 Å². The highest BCUT2D eigenvalue weighted by Crippen LogP contribution is 2.42. The van der Waals surface area contributed by atoms with Crippen LogP contribution >= 0.6 is 0 Å². The maximum Gasteiger partial charge on any atom is 0.427 e. The SMILES string of the molecule is c1ccc(CN2CCCC[B-]23Oc2ccccc2O3)cc1. The third-order valence-electron chi connectivity index (χ3n) is 4.52. The summed E-state index contributed by atoms with van der Waals surface area (Å²) in [5, 5.41) is 0. The van der Waals surface area contributed by atoms with Crippen LogP contribution in [0.1, 0.15) is 18.4 Å². The minimum Gasteiger partial charge on any atom is -0.667 e. The van der Waals surface area contributed by atoms with E-state index >= 15 is 0 Å². The zero-order valence-corrected chi connectivity index (χ0v) is 12.1. The molecule has 0 N–H and O–H groups in total. The predicted octanol–water partition coefficient (Wildman–Crippen LogP) is 3.69. The van der Waals surface area contributed by atoms with Gasteiger partial charge in [0.05, 0.1) is 0 Å². The Morgan fingerprint density at radius 1 is 0.857 bits per heavy atom. The van der Waals surface area contributed by atoms with E-state index in [4.69, 9.17) is 9.31 Å². The fraction of sp³-hybridized carbons (Fsp3) is 0.294. The zero-order valence-electron chi connectivity index (χ0n) is 12.1. The van der Waals surface area contributed by atoms with E-state index in [2.05, 4.69) is 35.1 Å². The van der Waals surface area contributed by atoms with Gasteiger partial charge in [-0.1, -0.05) is 55.2 Å². The van der Waals surface area contributed by atoms with E-state index in [9.17, 15) is 0 Å². The first-order chi connectivity index (χ1) is 10.4. The highest BCUT2D eigenvalue weighted by atomic mass is 16.7. The third-order valence-corrected chi connectivity index (χ3v) is 4.52. The maximum absolute atomic E-state index is 6.29. The lowest BCUT2D eigenvalue weighted by atomic mass is 9.61. The van der Waals surface area contributed by atoms with Gasteiger partial charge in [0, 0.05) is 0 Å². The lowest BCUT2D eigenvalue weighted by molar-refractivity contribution is 0.248. The van der Waals surface area contributed by atoms with Crippen LogP contribution in [0.2, 0.25) is 6.32 Å². The second-order valence-corrected chi connectivity index (χ2v) is 5.96. The Labute approximate surface area is 125 Å². The fourth-order valence-electron chi connectivity index (χ4n) is 3.47. The number of nitrogens with zero attached hydrogens (tertiary/aromatic N) is 1. The van der Waals surface area contributed by atoms with Crippen molar-refractivity contribution in [2.75, 3.05) is 6.54 Å². The van der Waals surface area contributed by atoms with Gasteiger partial charge in [0.1, 0.15) is 11.5 Å². The summed E-state index contributed by atoms with van der Waals surface area (Å²) in [6.07, 6.45) is 3.35. The second-order valence-electron chi connectivity index (χ2n) is 5.96. The summed E-state index contributed by atoms with van der Waals surface area (Å²) >= 11 is 0. The Morgan fingerprint density at radius 3 is 2.24 bits per heavy atom. The third kappa shape index (κ3) is 2.30. The van der Waals surface area contributed by atoms with Crippen molar-refractivity contribution in [3.05, 3.63) is 60.2 Å². The molecule has 2 aliphatic rings. The van der Waals surface area contributed by atoms with E-state index in [1.54, 1.807) is 0 Å². The van der Waals surface area contributed by atoms with Gasteiger partial charge in [-0.3, -0.25) is 0 Å². The number of hydrogen-bond acceptors (Lipinski definition) is 3. The normalized spacial score (nSPS) is 19.8. The lowest BCUT2D eigenvalue weighted by Gasteiger charge is -2.49. The fourth-order valence-corrected chi connectivity index (χ4v) is 3.47. The van der Waals surface area contributed by atoms with Crippen molar-refractivity contribution in [2.24, 2.45) is 0 Å². The van der Waals surface area contributed by atoms with Crippen LogP contribution in [0.5, 0.6) is 11.5 Å². The second kappa shape index (κ2) is 5.12. The molecule has 3 nitrogen and oxygen atoms in total. The monoisotopic (exact) mass is 280 g/mol. The van der Waals surface area contributed by atoms with Gasteiger partial charge in [-0.05, 0) is 37.2 Å². The average Bonchev–Trinajstić information content (AvgIpc) is 2.89. The maximum atomic E-state index is 6.29. The smallest absolute Gasteiger partial charge is 0.427 e. The van der Waals surface area contributed by atoms with Crippen molar-refractivity contribution in [3.8, 4) is 11.5 Å². The molecule has 2 aromatic carbocycles. The summed E-state index contributed by atoms with van der Waals surface area (Å²) in [5.41, 5.74) is 1.31. The summed E-state index contributed by atoms with van der Waals surface area (Å²) in [6.45, 7) is 0.541. The molecule has 1 spiro atoms. The first kappa shape index (κ1) is 12.8. The molecule has 0 bridgehead atoms. The molecule has 0 unspecified atom stereocenters. The topological polar surface area (TPSA) is 21.7 Å². The van der Waals surface area contributed by atoms with Crippen LogP contribution < -0.4 is 9.31 Å². The molecule has 2 aliphatic heterocycles. The Hall–Kier alpha value is -1.94. The highest BCUT2D eigenvalue weighted by Gasteiger charge is 2.44. The molecule has 0 radical (unpaired) electrons. The van der Waals surface area contributed by atoms with Crippen molar-refractivity contribution < 1.29 is 9.31 Å². The van der Waals surface area contributed by atoms with Gasteiger partial charge in [0.15, 0.2) is 0 Å². The summed E-state index contributed by atoms with van der Waals surface area (Å²) in [6, 6.07) is 18.6. The van der Waals surface area contributed by atoms with E-state index in [1.165, 1.54) is 18.4 Å². The minimum absolute atomic E-state index is 0.884. The van der Waals surface area contributed by atoms with Crippen molar-refractivity contribution in [3.63, 3.8) is 0 Å². The Bertz CT molecular complexity index is 607. The average molecular weight is 280 g/mol. The molecule has 4 rings (SSSR count). The molecule has 0 aromatic heterocycles. The standard InChI is InChI=1S/C17H19BNO2/c1-2-8-15(9-3-1)14-19-13-7-6-12-18(19)20-16-10-4-5-11-17(16)21-18/h1-5,8-11H,6-7,12-14H2/q-1. The van der Waals surface area contributed by atoms with Gasteiger partial charge in [-0.25, -0.2) is 0 Å². The van der Waals surface area contributed by atoms with Crippen LogP contribution in [-0.2, 0) is 6.54 Å². The van der Waals surface area contributed by atoms with E-state index < -0.39 is 6.69 Å². The summed E-state index contributed by atoms with van der Waals surface area (Å²) < 4.78 is 12.6. The molecule has 108 valence electrons. The van der Waals surface area contributed by atoms with Gasteiger partial charge in [-0.15, -0.1) is 0 Å². The largest absolute Gasteiger partial charge is 0.667 e. The number of hydrogen-bond donors (Lipinski definition) is 0. The molecular formula is C17H19BNO2-. The number of fused-ring (bicyclic) bond motifs is 1. The van der Waals surface area contributed by atoms with Crippen LogP contribution in [-0.4, -0.2) is 18.0 Å². The van der Waals surface area contributed by atoms with Crippen LogP contribution in [0.4, 0.5) is 0 Å². The molecule has 0 amide bonds. The molecule has 2 heterocycles. The Kier molecular flexibility index (Phi) is 3.11. The van der Waals surface area contributed by atoms with Gasteiger partial charge < -0.3 is 14.1 Å². The van der Waals surface area contributed by atoms with Gasteiger partial charge in [0.2, 0.25) is 0 Å². The number of para-hydroxylation sites is 2. The Morgan fingerprint density at radius 2 is 1.52 bits per heavy atom. The van der Waals surface area contributed by atoms with Gasteiger partial charge >= 0.3 is 6.69 Å². The summed E-state index contributed by atoms with van der Waals surface area (Å²) in [5.74, 6) is 1.77. The van der Waals surface area contributed by atoms with E-state index in [0.717, 1.165) is 30.9 Å². The quantitative estimate of drug-likeness (QED) is 0.783. The van der Waals surface area contributed by atoms with Gasteiger partial charge in [0.25, 0.3) is 0 Å². The molecule has 4 heteroatoms. The molecule has 2 aromatic rings. The van der Waals surface area contributed by atoms with Crippen LogP contribution in [0, 0.1) is 0 Å². The minimum atomic E-state index is -1.37. The van der Waals surface area contributed by atoms with Crippen molar-refractivity contribution in [1.29, 1.82) is 0 Å². The molecule has 0 saturated carbocycles. The molecule has 1 saturated heterocycles. The Balaban J connectivity index is 1.61. The summed E-state index contributed by atoms with van der Waals surface area (Å²) in [7, 11) is 0. The molecule has 0 aliphatic carbocycles. The molecule has 21 heavy (non-hydrogen) atoms. The summed E-state index contributed by atoms with van der Waals surface area (Å²) in [4.78, 5) is 2.39. The molecule has 1 fully saturated rings. The van der Waals surface area contributed by atoms with Crippen molar-refractivity contribution in [2.45, 2.75) is 25.7 Å². The van der Waals surface area contributed by atoms with E-state index in [0.29, 0.717) is 0 Å². The van der Waals surface area contributed by atoms with Crippen molar-refractivity contribution in [1.82, 2.24) is 4.81 Å². The number of benzene rings is 2.